The molecule has 11 heteroatoms. The van der Waals surface area contributed by atoms with Crippen molar-refractivity contribution in [1.29, 1.82) is 0 Å². The van der Waals surface area contributed by atoms with E-state index in [1.165, 1.54) is 22.3 Å². The molecule has 0 spiro atoms. The predicted molar refractivity (Wildman–Crippen MR) is 222 cm³/mol. The molecular formula is C34H74KN3Si6Zn. The van der Waals surface area contributed by atoms with Crippen molar-refractivity contribution in [2.75, 3.05) is 0 Å². The van der Waals surface area contributed by atoms with Crippen LogP contribution in [0, 0.1) is 27.7 Å². The van der Waals surface area contributed by atoms with Crippen molar-refractivity contribution in [3.05, 3.63) is 84.7 Å². The standard InChI is InChI=1S/2C8H10.3C6H18NSi2.K.Zn/c2*1-7-5-3-4-6-8(7)2;3*1-8(2,3)7-9(4,5)6;;/h2*3-6H,1-2H3;3*1-6H3;;/q;;3*-1;+1;+2. The van der Waals surface area contributed by atoms with Gasteiger partial charge in [-0.15, -0.1) is 0 Å². The molecule has 2 rings (SSSR count). The van der Waals surface area contributed by atoms with Crippen molar-refractivity contribution in [2.24, 2.45) is 0 Å². The summed E-state index contributed by atoms with van der Waals surface area (Å²) in [5.41, 5.74) is 5.47. The van der Waals surface area contributed by atoms with Crippen LogP contribution in [-0.2, 0) is 19.5 Å². The maximum atomic E-state index is 4.82. The molecule has 0 aliphatic carbocycles. The first-order valence-corrected chi connectivity index (χ1v) is 36.7. The molecule has 0 bridgehead atoms. The average molecular weight is 798 g/mol. The zero-order valence-corrected chi connectivity index (χ0v) is 46.8. The average Bonchev–Trinajstić information content (AvgIpc) is 2.66. The van der Waals surface area contributed by atoms with Gasteiger partial charge in [0.1, 0.15) is 0 Å². The van der Waals surface area contributed by atoms with Crippen LogP contribution in [0.3, 0.4) is 0 Å². The van der Waals surface area contributed by atoms with Gasteiger partial charge >= 0.3 is 70.9 Å². The Kier molecular flexibility index (Phi) is 31.2. The topological polar surface area (TPSA) is 42.3 Å². The third kappa shape index (κ3) is 50.4. The molecule has 2 aromatic rings. The first kappa shape index (κ1) is 56.3. The van der Waals surface area contributed by atoms with Gasteiger partial charge in [0.25, 0.3) is 0 Å². The second kappa shape index (κ2) is 24.9. The third-order valence-electron chi connectivity index (χ3n) is 4.86. The van der Waals surface area contributed by atoms with E-state index in [1.807, 2.05) is 0 Å². The molecule has 0 amide bonds. The van der Waals surface area contributed by atoms with E-state index in [4.69, 9.17) is 13.9 Å². The molecule has 0 heterocycles. The molecule has 0 saturated heterocycles. The van der Waals surface area contributed by atoms with Gasteiger partial charge in [0, 0.05) is 0 Å². The molecule has 0 N–H and O–H groups in total. The van der Waals surface area contributed by atoms with Crippen molar-refractivity contribution < 1.29 is 70.9 Å². The molecule has 252 valence electrons. The molecule has 0 aromatic heterocycles. The zero-order chi connectivity index (χ0) is 35.1. The number of hydrogen-bond acceptors (Lipinski definition) is 0. The van der Waals surface area contributed by atoms with Crippen LogP contribution < -0.4 is 51.4 Å². The van der Waals surface area contributed by atoms with Crippen molar-refractivity contribution in [3.63, 3.8) is 0 Å². The Bertz CT molecular complexity index is 832. The molecular weight excluding hydrogens is 723 g/mol. The fraction of sp³-hybridized carbons (Fsp3) is 0.647. The van der Waals surface area contributed by atoms with Gasteiger partial charge in [-0.05, 0) is 49.9 Å². The number of hydrogen-bond donors (Lipinski definition) is 0. The number of aryl methyl sites for hydroxylation is 4. The van der Waals surface area contributed by atoms with Crippen LogP contribution in [-0.4, -0.2) is 49.4 Å². The van der Waals surface area contributed by atoms with Crippen LogP contribution in [0.2, 0.25) is 118 Å². The summed E-state index contributed by atoms with van der Waals surface area (Å²) in [6, 6.07) is 16.7. The Labute approximate surface area is 346 Å². The van der Waals surface area contributed by atoms with Gasteiger partial charge in [0.05, 0.1) is 0 Å². The van der Waals surface area contributed by atoms with Gasteiger partial charge in [-0.3, -0.25) is 0 Å². The Balaban J connectivity index is -0.000000147. The molecule has 0 radical (unpaired) electrons. The van der Waals surface area contributed by atoms with E-state index >= 15 is 0 Å². The maximum Gasteiger partial charge on any atom is 2.00 e. The summed E-state index contributed by atoms with van der Waals surface area (Å²) in [6.45, 7) is 49.8. The summed E-state index contributed by atoms with van der Waals surface area (Å²) in [4.78, 5) is 0. The first-order chi connectivity index (χ1) is 18.7. The van der Waals surface area contributed by atoms with Gasteiger partial charge in [0.2, 0.25) is 0 Å². The molecule has 3 nitrogen and oxygen atoms in total. The van der Waals surface area contributed by atoms with E-state index in [1.54, 1.807) is 0 Å². The molecule has 0 aliphatic rings. The van der Waals surface area contributed by atoms with Gasteiger partial charge < -0.3 is 13.9 Å². The van der Waals surface area contributed by atoms with E-state index < -0.39 is 49.4 Å². The van der Waals surface area contributed by atoms with Gasteiger partial charge in [-0.2, -0.15) is 0 Å². The van der Waals surface area contributed by atoms with Crippen molar-refractivity contribution in [3.8, 4) is 0 Å². The SMILES string of the molecule is C[Si](C)(C)[N-][Si](C)(C)C.C[Si](C)(C)[N-][Si](C)(C)C.C[Si](C)(C)[N-][Si](C)(C)C.Cc1ccccc1C.Cc1ccccc1C.[K+].[Zn+2]. The summed E-state index contributed by atoms with van der Waals surface area (Å²) in [7, 11) is -6.64. The molecule has 0 saturated carbocycles. The van der Waals surface area contributed by atoms with Crippen LogP contribution >= 0.6 is 0 Å². The monoisotopic (exact) mass is 795 g/mol. The smallest absolute Gasteiger partial charge is 0.668 e. The number of benzene rings is 2. The van der Waals surface area contributed by atoms with Gasteiger partial charge in [0.15, 0.2) is 0 Å². The van der Waals surface area contributed by atoms with E-state index in [0.29, 0.717) is 0 Å². The molecule has 0 atom stereocenters. The second-order valence-corrected chi connectivity index (χ2v) is 46.3. The van der Waals surface area contributed by atoms with Crippen LogP contribution in [0.4, 0.5) is 0 Å². The Morgan fingerprint density at radius 3 is 0.467 bits per heavy atom. The minimum atomic E-state index is -1.11. The van der Waals surface area contributed by atoms with E-state index in [9.17, 15) is 0 Å². The summed E-state index contributed by atoms with van der Waals surface area (Å²) in [5, 5.41) is 0. The summed E-state index contributed by atoms with van der Waals surface area (Å²) < 4.78 is 14.5. The zero-order valence-electron chi connectivity index (χ0n) is 34.7. The maximum absolute atomic E-state index is 4.82. The van der Waals surface area contributed by atoms with Gasteiger partial charge in [-0.1, -0.05) is 216 Å². The van der Waals surface area contributed by atoms with Crippen LogP contribution in [0.1, 0.15) is 22.3 Å². The third-order valence-corrected chi connectivity index (χ3v) is 21.0. The van der Waals surface area contributed by atoms with Crippen molar-refractivity contribution >= 4 is 49.4 Å². The fourth-order valence-corrected chi connectivity index (χ4v) is 28.5. The number of rotatable bonds is 6. The van der Waals surface area contributed by atoms with Crippen LogP contribution in [0.25, 0.3) is 13.9 Å². The van der Waals surface area contributed by atoms with E-state index in [-0.39, 0.29) is 70.9 Å². The Morgan fingerprint density at radius 1 is 0.311 bits per heavy atom. The molecule has 2 aromatic carbocycles. The van der Waals surface area contributed by atoms with Crippen molar-refractivity contribution in [2.45, 2.75) is 146 Å². The Hall–Kier alpha value is 1.88. The molecule has 45 heavy (non-hydrogen) atoms. The van der Waals surface area contributed by atoms with Gasteiger partial charge in [-0.25, -0.2) is 0 Å². The largest absolute Gasteiger partial charge is 2.00 e. The summed E-state index contributed by atoms with van der Waals surface area (Å²) in [6.07, 6.45) is 0. The van der Waals surface area contributed by atoms with E-state index in [0.717, 1.165) is 0 Å². The first-order valence-electron chi connectivity index (χ1n) is 16.0. The number of nitrogens with zero attached hydrogens (tertiary/aromatic N) is 3. The van der Waals surface area contributed by atoms with E-state index in [2.05, 4.69) is 194 Å². The summed E-state index contributed by atoms with van der Waals surface area (Å²) >= 11 is 0. The minimum absolute atomic E-state index is 0. The van der Waals surface area contributed by atoms with Crippen LogP contribution in [0.5, 0.6) is 0 Å². The Morgan fingerprint density at radius 2 is 0.422 bits per heavy atom. The quantitative estimate of drug-likeness (QED) is 0.261. The summed E-state index contributed by atoms with van der Waals surface area (Å²) in [5.74, 6) is 0. The molecule has 0 unspecified atom stereocenters. The fourth-order valence-electron chi connectivity index (χ4n) is 4.34. The molecule has 0 fully saturated rings. The van der Waals surface area contributed by atoms with Crippen LogP contribution in [0.15, 0.2) is 48.5 Å². The molecule has 0 aliphatic heterocycles. The second-order valence-electron chi connectivity index (χ2n) is 17.5. The minimum Gasteiger partial charge on any atom is -0.668 e. The normalized spacial score (nSPS) is 11.7. The van der Waals surface area contributed by atoms with Crippen molar-refractivity contribution in [1.82, 2.24) is 0 Å². The predicted octanol–water partition coefficient (Wildman–Crippen LogP) is 10.7.